The number of rotatable bonds is 10. The summed E-state index contributed by atoms with van der Waals surface area (Å²) in [5, 5.41) is 41.8. The molecule has 2 atom stereocenters. The fourth-order valence-corrected chi connectivity index (χ4v) is 5.78. The van der Waals surface area contributed by atoms with E-state index in [2.05, 4.69) is 29.7 Å². The number of hydrogen-bond donors (Lipinski definition) is 4. The number of phenols is 2. The molecule has 0 radical (unpaired) electrons. The van der Waals surface area contributed by atoms with Gasteiger partial charge in [-0.3, -0.25) is 0 Å². The number of aromatic hydroxyl groups is 2. The van der Waals surface area contributed by atoms with Crippen LogP contribution in [0.25, 0.3) is 0 Å². The van der Waals surface area contributed by atoms with Gasteiger partial charge in [0.05, 0.1) is 0 Å². The smallest absolute Gasteiger partial charge is 0.135 e. The largest absolute Gasteiger partial charge is 0.507 e. The molecule has 0 aromatic heterocycles. The molecule has 0 fully saturated rings. The molecule has 0 aliphatic carbocycles. The molecule has 4 aromatic rings. The average Bonchev–Trinajstić information content (AvgIpc) is 3.05. The monoisotopic (exact) mass is 642 g/mol. The lowest BCUT2D eigenvalue weighted by Crippen LogP contribution is -2.22. The fraction of sp³-hybridized carbons (Fsp3) is 0.368. The molecule has 9 nitrogen and oxygen atoms in total. The third-order valence-corrected chi connectivity index (χ3v) is 8.71. The summed E-state index contributed by atoms with van der Waals surface area (Å²) in [6.45, 7) is 11.9. The third kappa shape index (κ3) is 7.69. The second kappa shape index (κ2) is 15.3. The number of benzene rings is 4. The van der Waals surface area contributed by atoms with Gasteiger partial charge in [0, 0.05) is 124 Å². The van der Waals surface area contributed by atoms with Gasteiger partial charge in [-0.1, -0.05) is 24.3 Å². The van der Waals surface area contributed by atoms with Gasteiger partial charge in [-0.05, 0) is 52.0 Å². The molecule has 1 aliphatic heterocycles. The molecule has 252 valence electrons. The van der Waals surface area contributed by atoms with Gasteiger partial charge < -0.3 is 44.8 Å². The molecule has 4 N–H and O–H groups in total. The minimum atomic E-state index is -1.09. The van der Waals surface area contributed by atoms with Crippen molar-refractivity contribution in [1.29, 1.82) is 0 Å². The second-order valence-corrected chi connectivity index (χ2v) is 12.0. The predicted octanol–water partition coefficient (Wildman–Crippen LogP) is 6.88. The van der Waals surface area contributed by atoms with E-state index in [9.17, 15) is 20.4 Å². The third-order valence-electron chi connectivity index (χ3n) is 8.71. The Morgan fingerprint density at radius 1 is 0.574 bits per heavy atom. The van der Waals surface area contributed by atoms with Crippen LogP contribution in [0, 0.1) is 0 Å². The van der Waals surface area contributed by atoms with Crippen molar-refractivity contribution in [2.45, 2.75) is 39.9 Å². The Morgan fingerprint density at radius 3 is 1.38 bits per heavy atom. The Bertz CT molecular complexity index is 1650. The van der Waals surface area contributed by atoms with Crippen LogP contribution >= 0.6 is 0 Å². The summed E-state index contributed by atoms with van der Waals surface area (Å²) in [6.07, 6.45) is -1.73. The first kappa shape index (κ1) is 35.3. The maximum Gasteiger partial charge on any atom is 0.135 e. The quantitative estimate of drug-likeness (QED) is 0.147. The molecule has 0 saturated carbocycles. The van der Waals surface area contributed by atoms with Gasteiger partial charge in [0.25, 0.3) is 0 Å². The summed E-state index contributed by atoms with van der Waals surface area (Å²) in [5.74, 6) is 1.49. The lowest BCUT2D eigenvalue weighted by Gasteiger charge is -2.28. The van der Waals surface area contributed by atoms with Crippen LogP contribution in [0.15, 0.2) is 72.8 Å². The van der Waals surface area contributed by atoms with Crippen LogP contribution in [0.4, 0.5) is 22.7 Å². The lowest BCUT2D eigenvalue weighted by atomic mass is 9.96. The fourth-order valence-electron chi connectivity index (χ4n) is 5.78. The molecule has 9 heteroatoms. The zero-order chi connectivity index (χ0) is 34.4. The summed E-state index contributed by atoms with van der Waals surface area (Å²) in [6, 6.07) is 22.3. The minimum Gasteiger partial charge on any atom is -0.507 e. The van der Waals surface area contributed by atoms with Gasteiger partial charge in [-0.15, -0.1) is 0 Å². The number of nitrogens with zero attached hydrogens (tertiary/aromatic N) is 4. The van der Waals surface area contributed by atoms with E-state index in [4.69, 9.17) is 4.74 Å². The second-order valence-electron chi connectivity index (χ2n) is 12.0. The van der Waals surface area contributed by atoms with E-state index in [0.717, 1.165) is 71.6 Å². The Balaban J connectivity index is 0.000000213. The van der Waals surface area contributed by atoms with Gasteiger partial charge in [-0.25, -0.2) is 0 Å². The van der Waals surface area contributed by atoms with Gasteiger partial charge in [0.2, 0.25) is 0 Å². The van der Waals surface area contributed by atoms with E-state index in [1.165, 1.54) is 0 Å². The van der Waals surface area contributed by atoms with E-state index in [1.54, 1.807) is 24.3 Å². The van der Waals surface area contributed by atoms with Crippen LogP contribution in [-0.2, 0) is 0 Å². The highest BCUT2D eigenvalue weighted by Gasteiger charge is 2.27. The van der Waals surface area contributed by atoms with Crippen molar-refractivity contribution < 1.29 is 25.2 Å². The normalized spacial score (nSPS) is 13.7. The summed E-state index contributed by atoms with van der Waals surface area (Å²) < 4.78 is 6.11. The molecular formula is C38H50N4O5. The van der Waals surface area contributed by atoms with Crippen LogP contribution in [0.1, 0.15) is 62.2 Å². The van der Waals surface area contributed by atoms with Gasteiger partial charge >= 0.3 is 0 Å². The molecule has 0 saturated heterocycles. The zero-order valence-electron chi connectivity index (χ0n) is 28.9. The van der Waals surface area contributed by atoms with Crippen molar-refractivity contribution in [2.75, 3.05) is 74.0 Å². The molecular weight excluding hydrogens is 592 g/mol. The highest BCUT2D eigenvalue weighted by Crippen LogP contribution is 2.45. The molecule has 0 amide bonds. The number of aliphatic hydroxyl groups excluding tert-OH is 2. The Hall–Kier alpha value is -4.60. The maximum absolute atomic E-state index is 10.7. The number of fused-ring (bicyclic) bond motifs is 2. The van der Waals surface area contributed by atoms with Crippen LogP contribution in [0.3, 0.4) is 0 Å². The standard InChI is InChI=1S/C19H26N2O3.C19H24N2O2/c1-5-21(6-2)14-8-10-16(18(23)12-14)19(24)15-9-7-13(20(3)4)11-17(15)22;1-5-21(6-2)14-8-10-16-18(12-14)23-17-11-13(20(3)4)7-9-15(17)19(16)22/h7-12,19,22-24H,5-6H2,1-4H3;7-12,19,22H,5-6H2,1-4H3. The molecule has 1 heterocycles. The maximum atomic E-state index is 10.7. The van der Waals surface area contributed by atoms with Crippen molar-refractivity contribution in [1.82, 2.24) is 0 Å². The number of hydrogen-bond acceptors (Lipinski definition) is 9. The number of phenolic OH excluding ortho intramolecular Hbond substituents is 2. The zero-order valence-corrected chi connectivity index (χ0v) is 28.9. The van der Waals surface area contributed by atoms with Crippen molar-refractivity contribution in [3.05, 3.63) is 95.1 Å². The van der Waals surface area contributed by atoms with E-state index in [1.807, 2.05) is 94.3 Å². The Morgan fingerprint density at radius 2 is 0.936 bits per heavy atom. The van der Waals surface area contributed by atoms with E-state index < -0.39 is 12.2 Å². The number of anilines is 4. The molecule has 47 heavy (non-hydrogen) atoms. The molecule has 2 unspecified atom stereocenters. The van der Waals surface area contributed by atoms with Crippen molar-refractivity contribution in [3.8, 4) is 23.0 Å². The SMILES string of the molecule is CCN(CC)c1ccc(C(O)c2ccc(N(C)C)cc2O)c(O)c1.CCN(CC)c1ccc2c(c1)Oc1cc(N(C)C)ccc1C2O. The van der Waals surface area contributed by atoms with Crippen molar-refractivity contribution >= 4 is 22.7 Å². The molecule has 5 rings (SSSR count). The minimum absolute atomic E-state index is 0.000851. The van der Waals surface area contributed by atoms with Gasteiger partial charge in [0.1, 0.15) is 35.2 Å². The predicted molar refractivity (Wildman–Crippen MR) is 193 cm³/mol. The Labute approximate surface area is 279 Å². The summed E-state index contributed by atoms with van der Waals surface area (Å²) >= 11 is 0. The van der Waals surface area contributed by atoms with Crippen LogP contribution < -0.4 is 24.3 Å². The van der Waals surface area contributed by atoms with Crippen LogP contribution in [0.5, 0.6) is 23.0 Å². The number of aliphatic hydroxyl groups is 2. The summed E-state index contributed by atoms with van der Waals surface area (Å²) in [5.41, 5.74) is 6.30. The first-order valence-electron chi connectivity index (χ1n) is 16.3. The molecule has 0 bridgehead atoms. The van der Waals surface area contributed by atoms with Crippen LogP contribution in [-0.4, -0.2) is 74.8 Å². The number of ether oxygens (including phenoxy) is 1. The summed E-state index contributed by atoms with van der Waals surface area (Å²) in [7, 11) is 7.74. The topological polar surface area (TPSA) is 103 Å². The van der Waals surface area contributed by atoms with Crippen molar-refractivity contribution in [2.24, 2.45) is 0 Å². The molecule has 1 aliphatic rings. The van der Waals surface area contributed by atoms with Crippen LogP contribution in [0.2, 0.25) is 0 Å². The first-order valence-corrected chi connectivity index (χ1v) is 16.3. The highest BCUT2D eigenvalue weighted by atomic mass is 16.5. The molecule has 0 spiro atoms. The van der Waals surface area contributed by atoms with Gasteiger partial charge in [-0.2, -0.15) is 0 Å². The average molecular weight is 643 g/mol. The van der Waals surface area contributed by atoms with E-state index in [-0.39, 0.29) is 11.5 Å². The van der Waals surface area contributed by atoms with Gasteiger partial charge in [0.15, 0.2) is 0 Å². The lowest BCUT2D eigenvalue weighted by molar-refractivity contribution is 0.203. The highest BCUT2D eigenvalue weighted by molar-refractivity contribution is 5.63. The molecule has 4 aromatic carbocycles. The first-order chi connectivity index (χ1) is 22.4. The Kier molecular flexibility index (Phi) is 11.5. The van der Waals surface area contributed by atoms with Crippen molar-refractivity contribution in [3.63, 3.8) is 0 Å². The van der Waals surface area contributed by atoms with E-state index in [0.29, 0.717) is 11.1 Å². The van der Waals surface area contributed by atoms with E-state index >= 15 is 0 Å². The summed E-state index contributed by atoms with van der Waals surface area (Å²) in [4.78, 5) is 8.27.